The third-order valence-corrected chi connectivity index (χ3v) is 4.24. The van der Waals surface area contributed by atoms with Crippen LogP contribution in [0.2, 0.25) is 0 Å². The summed E-state index contributed by atoms with van der Waals surface area (Å²) >= 11 is 0. The van der Waals surface area contributed by atoms with Crippen molar-refractivity contribution in [3.8, 4) is 0 Å². The van der Waals surface area contributed by atoms with Gasteiger partial charge in [0.1, 0.15) is 0 Å². The van der Waals surface area contributed by atoms with Crippen molar-refractivity contribution in [2.75, 3.05) is 59.1 Å². The molecular weight excluding hydrogens is 276 g/mol. The number of rotatable bonds is 17. The van der Waals surface area contributed by atoms with Gasteiger partial charge in [-0.25, -0.2) is 0 Å². The summed E-state index contributed by atoms with van der Waals surface area (Å²) in [5.74, 6) is 0. The van der Waals surface area contributed by atoms with Gasteiger partial charge in [0.2, 0.25) is 0 Å². The summed E-state index contributed by atoms with van der Waals surface area (Å²) in [6, 6.07) is 0. The van der Waals surface area contributed by atoms with Gasteiger partial charge >= 0.3 is 0 Å². The predicted molar refractivity (Wildman–Crippen MR) is 95.5 cm³/mol. The fourth-order valence-electron chi connectivity index (χ4n) is 2.61. The Balaban J connectivity index is 3.67. The maximum Gasteiger partial charge on any atom is 0.0698 e. The zero-order valence-corrected chi connectivity index (χ0v) is 15.4. The zero-order chi connectivity index (χ0) is 16.5. The van der Waals surface area contributed by atoms with E-state index in [2.05, 4.69) is 30.6 Å². The molecule has 0 atom stereocenters. The number of unbranched alkanes of at least 4 members (excludes halogenated alkanes) is 5. The van der Waals surface area contributed by atoms with Crippen LogP contribution in [0.4, 0.5) is 0 Å². The maximum atomic E-state index is 8.70. The van der Waals surface area contributed by atoms with Crippen LogP contribution in [0.3, 0.4) is 0 Å². The lowest BCUT2D eigenvalue weighted by molar-refractivity contribution is 0.0722. The van der Waals surface area contributed by atoms with Gasteiger partial charge in [0.05, 0.1) is 19.8 Å². The molecule has 0 bridgehead atoms. The minimum atomic E-state index is 0.119. The highest BCUT2D eigenvalue weighted by Crippen LogP contribution is 2.06. The van der Waals surface area contributed by atoms with Crippen molar-refractivity contribution in [1.82, 2.24) is 9.80 Å². The number of ether oxygens (including phenoxy) is 1. The number of aliphatic hydroxyl groups is 1. The molecule has 4 nitrogen and oxygen atoms in total. The van der Waals surface area contributed by atoms with Crippen LogP contribution in [-0.2, 0) is 4.74 Å². The quantitative estimate of drug-likeness (QED) is 0.419. The summed E-state index contributed by atoms with van der Waals surface area (Å²) in [6.07, 6.45) is 8.23. The second-order valence-corrected chi connectivity index (χ2v) is 5.97. The van der Waals surface area contributed by atoms with Gasteiger partial charge in [-0.1, -0.05) is 52.9 Å². The van der Waals surface area contributed by atoms with Gasteiger partial charge in [0.25, 0.3) is 0 Å². The lowest BCUT2D eigenvalue weighted by Gasteiger charge is -2.26. The van der Waals surface area contributed by atoms with E-state index < -0.39 is 0 Å². The Morgan fingerprint density at radius 1 is 0.682 bits per heavy atom. The van der Waals surface area contributed by atoms with Crippen LogP contribution >= 0.6 is 0 Å². The number of nitrogens with zero attached hydrogens (tertiary/aromatic N) is 2. The van der Waals surface area contributed by atoms with Crippen molar-refractivity contribution in [1.29, 1.82) is 0 Å². The normalized spacial score (nSPS) is 11.7. The molecule has 0 radical (unpaired) electrons. The topological polar surface area (TPSA) is 35.9 Å². The first-order valence-corrected chi connectivity index (χ1v) is 9.41. The lowest BCUT2D eigenvalue weighted by Crippen LogP contribution is -2.37. The highest BCUT2D eigenvalue weighted by atomic mass is 16.5. The summed E-state index contributed by atoms with van der Waals surface area (Å²) in [5, 5.41) is 8.70. The molecule has 0 aliphatic rings. The molecule has 0 rings (SSSR count). The highest BCUT2D eigenvalue weighted by molar-refractivity contribution is 4.62. The van der Waals surface area contributed by atoms with E-state index in [-0.39, 0.29) is 6.61 Å². The second kappa shape index (κ2) is 17.2. The molecule has 0 unspecified atom stereocenters. The minimum absolute atomic E-state index is 0.119. The first-order chi connectivity index (χ1) is 10.8. The summed E-state index contributed by atoms with van der Waals surface area (Å²) in [5.41, 5.74) is 0. The largest absolute Gasteiger partial charge is 0.394 e. The molecule has 1 N–H and O–H groups in total. The molecule has 0 amide bonds. The monoisotopic (exact) mass is 316 g/mol. The van der Waals surface area contributed by atoms with Crippen LogP contribution in [0.15, 0.2) is 0 Å². The van der Waals surface area contributed by atoms with Crippen molar-refractivity contribution in [2.45, 2.75) is 59.3 Å². The van der Waals surface area contributed by atoms with Crippen molar-refractivity contribution < 1.29 is 9.84 Å². The lowest BCUT2D eigenvalue weighted by atomic mass is 10.1. The Hall–Kier alpha value is -0.160. The van der Waals surface area contributed by atoms with E-state index in [0.29, 0.717) is 6.61 Å². The van der Waals surface area contributed by atoms with Gasteiger partial charge in [-0.05, 0) is 26.1 Å². The predicted octanol–water partition coefficient (Wildman–Crippen LogP) is 3.00. The average molecular weight is 317 g/mol. The molecule has 0 aromatic heterocycles. The standard InChI is InChI=1S/C18H40N2O2/c1-4-7-8-9-10-11-12-19(5-2)13-14-20(6-3)15-17-22-18-16-21/h21H,4-18H2,1-3H3. The maximum absolute atomic E-state index is 8.70. The molecule has 0 saturated heterocycles. The van der Waals surface area contributed by atoms with E-state index in [1.54, 1.807) is 0 Å². The Bertz CT molecular complexity index is 215. The van der Waals surface area contributed by atoms with Crippen LogP contribution in [0.1, 0.15) is 59.3 Å². The van der Waals surface area contributed by atoms with Crippen molar-refractivity contribution >= 4 is 0 Å². The molecule has 134 valence electrons. The minimum Gasteiger partial charge on any atom is -0.394 e. The third-order valence-electron chi connectivity index (χ3n) is 4.24. The van der Waals surface area contributed by atoms with Gasteiger partial charge in [0.15, 0.2) is 0 Å². The number of hydrogen-bond acceptors (Lipinski definition) is 4. The van der Waals surface area contributed by atoms with E-state index >= 15 is 0 Å². The Kier molecular flexibility index (Phi) is 17.1. The summed E-state index contributed by atoms with van der Waals surface area (Å²) in [7, 11) is 0. The van der Waals surface area contributed by atoms with Crippen molar-refractivity contribution in [2.24, 2.45) is 0 Å². The van der Waals surface area contributed by atoms with Crippen LogP contribution in [0, 0.1) is 0 Å². The Labute approximate surface area is 138 Å². The number of hydrogen-bond donors (Lipinski definition) is 1. The van der Waals surface area contributed by atoms with Gasteiger partial charge in [0, 0.05) is 19.6 Å². The smallest absolute Gasteiger partial charge is 0.0698 e. The SMILES string of the molecule is CCCCCCCCN(CC)CCN(CC)CCOCCO. The van der Waals surface area contributed by atoms with Crippen LogP contribution < -0.4 is 0 Å². The molecule has 22 heavy (non-hydrogen) atoms. The van der Waals surface area contributed by atoms with E-state index in [9.17, 15) is 0 Å². The molecule has 0 heterocycles. The first-order valence-electron chi connectivity index (χ1n) is 9.41. The molecular formula is C18H40N2O2. The van der Waals surface area contributed by atoms with Crippen LogP contribution in [0.5, 0.6) is 0 Å². The average Bonchev–Trinajstić information content (AvgIpc) is 2.55. The van der Waals surface area contributed by atoms with E-state index in [4.69, 9.17) is 9.84 Å². The Morgan fingerprint density at radius 2 is 1.27 bits per heavy atom. The Morgan fingerprint density at radius 3 is 1.86 bits per heavy atom. The van der Waals surface area contributed by atoms with Gasteiger partial charge in [-0.2, -0.15) is 0 Å². The number of aliphatic hydroxyl groups excluding tert-OH is 1. The van der Waals surface area contributed by atoms with E-state index in [1.165, 1.54) is 45.1 Å². The fourth-order valence-corrected chi connectivity index (χ4v) is 2.61. The van der Waals surface area contributed by atoms with E-state index in [1.807, 2.05) is 0 Å². The van der Waals surface area contributed by atoms with Crippen LogP contribution in [-0.4, -0.2) is 74.0 Å². The van der Waals surface area contributed by atoms with E-state index in [0.717, 1.165) is 39.3 Å². The molecule has 0 saturated carbocycles. The zero-order valence-electron chi connectivity index (χ0n) is 15.4. The summed E-state index contributed by atoms with van der Waals surface area (Å²) < 4.78 is 5.35. The molecule has 0 spiro atoms. The molecule has 0 aliphatic carbocycles. The summed E-state index contributed by atoms with van der Waals surface area (Å²) in [6.45, 7) is 14.7. The molecule has 0 aliphatic heterocycles. The molecule has 0 aromatic carbocycles. The first kappa shape index (κ1) is 21.8. The van der Waals surface area contributed by atoms with Crippen molar-refractivity contribution in [3.05, 3.63) is 0 Å². The molecule has 0 aromatic rings. The second-order valence-electron chi connectivity index (χ2n) is 5.97. The van der Waals surface area contributed by atoms with Crippen molar-refractivity contribution in [3.63, 3.8) is 0 Å². The summed E-state index contributed by atoms with van der Waals surface area (Å²) in [4.78, 5) is 5.00. The van der Waals surface area contributed by atoms with Gasteiger partial charge in [-0.15, -0.1) is 0 Å². The fraction of sp³-hybridized carbons (Fsp3) is 1.00. The highest BCUT2D eigenvalue weighted by Gasteiger charge is 2.06. The molecule has 0 fully saturated rings. The molecule has 4 heteroatoms. The third kappa shape index (κ3) is 13.5. The van der Waals surface area contributed by atoms with Gasteiger partial charge in [-0.3, -0.25) is 0 Å². The van der Waals surface area contributed by atoms with Gasteiger partial charge < -0.3 is 19.6 Å². The number of likely N-dealkylation sites (N-methyl/N-ethyl adjacent to an activating group) is 2. The van der Waals surface area contributed by atoms with Crippen LogP contribution in [0.25, 0.3) is 0 Å².